The summed E-state index contributed by atoms with van der Waals surface area (Å²) in [5.41, 5.74) is -1.04. The lowest BCUT2D eigenvalue weighted by Gasteiger charge is -2.29. The lowest BCUT2D eigenvalue weighted by molar-refractivity contribution is 0.00827. The maximum atomic E-state index is 12.3. The summed E-state index contributed by atoms with van der Waals surface area (Å²) >= 11 is 0.607. The molecule has 2 unspecified atom stereocenters. The first kappa shape index (κ1) is 16.7. The highest BCUT2D eigenvalue weighted by molar-refractivity contribution is 7.15. The van der Waals surface area contributed by atoms with Crippen molar-refractivity contribution in [3.05, 3.63) is 5.01 Å². The van der Waals surface area contributed by atoms with Crippen molar-refractivity contribution in [3.63, 3.8) is 0 Å². The smallest absolute Gasteiger partial charge is 0.321 e. The van der Waals surface area contributed by atoms with Crippen LogP contribution in [0.5, 0.6) is 0 Å². The van der Waals surface area contributed by atoms with Gasteiger partial charge in [-0.3, -0.25) is 5.32 Å². The molecule has 0 saturated heterocycles. The Morgan fingerprint density at radius 2 is 2.15 bits per heavy atom. The number of aliphatic hydroxyl groups is 1. The average molecular weight is 308 g/mol. The molecule has 0 aliphatic carbocycles. The molecule has 0 aliphatic heterocycles. The van der Waals surface area contributed by atoms with Gasteiger partial charge in [-0.2, -0.15) is 0 Å². The highest BCUT2D eigenvalue weighted by Gasteiger charge is 2.27. The topological polar surface area (TPSA) is 87.1 Å². The quantitative estimate of drug-likeness (QED) is 0.753. The molecule has 0 aliphatic rings. The third-order valence-corrected chi connectivity index (χ3v) is 3.97. The zero-order chi connectivity index (χ0) is 15.3. The van der Waals surface area contributed by atoms with Gasteiger partial charge in [-0.1, -0.05) is 31.6 Å². The number of alkyl halides is 2. The number of carbonyl (C=O) groups is 1. The maximum absolute atomic E-state index is 12.3. The van der Waals surface area contributed by atoms with Crippen LogP contribution in [0.2, 0.25) is 0 Å². The SMILES string of the molecule is CCC(C)C(C)(O)CNC(=O)Nc1nnc(C(F)F)s1. The second kappa shape index (κ2) is 6.89. The molecule has 1 rings (SSSR count). The minimum Gasteiger partial charge on any atom is -0.388 e. The highest BCUT2D eigenvalue weighted by atomic mass is 32.1. The Hall–Kier alpha value is -1.35. The zero-order valence-corrected chi connectivity index (χ0v) is 12.3. The standard InChI is InChI=1S/C11H18F2N4O2S/c1-4-6(2)11(3,19)5-14-9(18)15-10-17-16-8(20-10)7(12)13/h6-7,19H,4-5H2,1-3H3,(H2,14,15,17,18). The van der Waals surface area contributed by atoms with Gasteiger partial charge in [0, 0.05) is 6.54 Å². The van der Waals surface area contributed by atoms with E-state index in [9.17, 15) is 18.7 Å². The fraction of sp³-hybridized carbons (Fsp3) is 0.727. The number of nitrogens with one attached hydrogen (secondary N) is 2. The van der Waals surface area contributed by atoms with Gasteiger partial charge in [0.25, 0.3) is 6.43 Å². The first-order valence-corrected chi connectivity index (χ1v) is 6.96. The number of rotatable bonds is 6. The summed E-state index contributed by atoms with van der Waals surface area (Å²) in [4.78, 5) is 11.6. The summed E-state index contributed by atoms with van der Waals surface area (Å²) in [6.45, 7) is 5.49. The van der Waals surface area contributed by atoms with Crippen molar-refractivity contribution in [1.82, 2.24) is 15.5 Å². The molecule has 6 nitrogen and oxygen atoms in total. The minimum absolute atomic E-state index is 0.00904. The van der Waals surface area contributed by atoms with Gasteiger partial charge in [0.15, 0.2) is 5.01 Å². The Morgan fingerprint density at radius 3 is 2.65 bits per heavy atom. The van der Waals surface area contributed by atoms with Gasteiger partial charge in [-0.15, -0.1) is 10.2 Å². The van der Waals surface area contributed by atoms with Crippen LogP contribution in [0.15, 0.2) is 0 Å². The normalized spacial score (nSPS) is 15.8. The number of amides is 2. The Morgan fingerprint density at radius 1 is 1.50 bits per heavy atom. The number of aromatic nitrogens is 2. The van der Waals surface area contributed by atoms with Gasteiger partial charge in [0.2, 0.25) is 5.13 Å². The Balaban J connectivity index is 2.47. The van der Waals surface area contributed by atoms with Crippen LogP contribution in [0.25, 0.3) is 0 Å². The maximum Gasteiger partial charge on any atom is 0.321 e. The predicted molar refractivity (Wildman–Crippen MR) is 72.0 cm³/mol. The number of hydrogen-bond donors (Lipinski definition) is 3. The van der Waals surface area contributed by atoms with E-state index in [2.05, 4.69) is 20.8 Å². The molecule has 0 fully saturated rings. The van der Waals surface area contributed by atoms with Crippen LogP contribution in [0.1, 0.15) is 38.6 Å². The van der Waals surface area contributed by atoms with Crippen LogP contribution in [-0.4, -0.2) is 33.5 Å². The van der Waals surface area contributed by atoms with Crippen LogP contribution in [-0.2, 0) is 0 Å². The third kappa shape index (κ3) is 4.64. The fourth-order valence-corrected chi connectivity index (χ4v) is 1.98. The lowest BCUT2D eigenvalue weighted by atomic mass is 9.89. The van der Waals surface area contributed by atoms with E-state index in [0.717, 1.165) is 6.42 Å². The van der Waals surface area contributed by atoms with Crippen molar-refractivity contribution < 1.29 is 18.7 Å². The van der Waals surface area contributed by atoms with Crippen LogP contribution in [0, 0.1) is 5.92 Å². The molecule has 2 amide bonds. The number of anilines is 1. The second-order valence-electron chi connectivity index (χ2n) is 4.72. The highest BCUT2D eigenvalue weighted by Crippen LogP contribution is 2.25. The van der Waals surface area contributed by atoms with Gasteiger partial charge in [-0.05, 0) is 12.8 Å². The molecule has 9 heteroatoms. The van der Waals surface area contributed by atoms with Crippen molar-refractivity contribution in [2.45, 2.75) is 39.2 Å². The molecule has 3 N–H and O–H groups in total. The molecule has 2 atom stereocenters. The zero-order valence-electron chi connectivity index (χ0n) is 11.5. The number of urea groups is 1. The number of nitrogens with zero attached hydrogens (tertiary/aromatic N) is 2. The summed E-state index contributed by atoms with van der Waals surface area (Å²) in [6, 6.07) is -0.620. The van der Waals surface area contributed by atoms with E-state index in [4.69, 9.17) is 0 Å². The second-order valence-corrected chi connectivity index (χ2v) is 5.73. The number of hydrogen-bond acceptors (Lipinski definition) is 5. The molecular formula is C11H18F2N4O2S. The van der Waals surface area contributed by atoms with Gasteiger partial charge >= 0.3 is 6.03 Å². The van der Waals surface area contributed by atoms with Crippen LogP contribution in [0.3, 0.4) is 0 Å². The molecular weight excluding hydrogens is 290 g/mol. The van der Waals surface area contributed by atoms with Crippen molar-refractivity contribution >= 4 is 22.5 Å². The van der Waals surface area contributed by atoms with Crippen molar-refractivity contribution in [1.29, 1.82) is 0 Å². The van der Waals surface area contributed by atoms with Crippen LogP contribution >= 0.6 is 11.3 Å². The van der Waals surface area contributed by atoms with Gasteiger partial charge < -0.3 is 10.4 Å². The Bertz CT molecular complexity index is 453. The largest absolute Gasteiger partial charge is 0.388 e. The third-order valence-electron chi connectivity index (χ3n) is 3.13. The predicted octanol–water partition coefficient (Wildman–Crippen LogP) is 2.39. The molecule has 1 aromatic rings. The average Bonchev–Trinajstić information content (AvgIpc) is 2.84. The van der Waals surface area contributed by atoms with Crippen molar-refractivity contribution in [2.75, 3.05) is 11.9 Å². The molecule has 1 aromatic heterocycles. The van der Waals surface area contributed by atoms with E-state index in [1.165, 1.54) is 0 Å². The Labute approximate surface area is 119 Å². The van der Waals surface area contributed by atoms with E-state index in [1.54, 1.807) is 6.92 Å². The summed E-state index contributed by atoms with van der Waals surface area (Å²) in [6.07, 6.45) is -1.94. The van der Waals surface area contributed by atoms with Gasteiger partial charge in [0.05, 0.1) is 5.60 Å². The van der Waals surface area contributed by atoms with E-state index >= 15 is 0 Å². The fourth-order valence-electron chi connectivity index (χ4n) is 1.39. The summed E-state index contributed by atoms with van der Waals surface area (Å²) in [5, 5.41) is 21.1. The van der Waals surface area contributed by atoms with E-state index < -0.39 is 23.1 Å². The summed E-state index contributed by atoms with van der Waals surface area (Å²) in [5.74, 6) is 0.00904. The molecule has 0 aromatic carbocycles. The lowest BCUT2D eigenvalue weighted by Crippen LogP contribution is -2.46. The monoisotopic (exact) mass is 308 g/mol. The van der Waals surface area contributed by atoms with Crippen molar-refractivity contribution in [3.8, 4) is 0 Å². The minimum atomic E-state index is -2.71. The number of halogens is 2. The number of carbonyl (C=O) groups excluding carboxylic acids is 1. The first-order valence-electron chi connectivity index (χ1n) is 6.15. The van der Waals surface area contributed by atoms with E-state index in [1.807, 2.05) is 13.8 Å². The summed E-state index contributed by atoms with van der Waals surface area (Å²) in [7, 11) is 0. The molecule has 0 saturated carbocycles. The van der Waals surface area contributed by atoms with Crippen LogP contribution in [0.4, 0.5) is 18.7 Å². The van der Waals surface area contributed by atoms with Gasteiger partial charge in [0.1, 0.15) is 0 Å². The molecule has 20 heavy (non-hydrogen) atoms. The molecule has 0 bridgehead atoms. The van der Waals surface area contributed by atoms with Gasteiger partial charge in [-0.25, -0.2) is 13.6 Å². The van der Waals surface area contributed by atoms with E-state index in [-0.39, 0.29) is 17.6 Å². The van der Waals surface area contributed by atoms with Crippen LogP contribution < -0.4 is 10.6 Å². The Kier molecular flexibility index (Phi) is 5.75. The molecule has 114 valence electrons. The summed E-state index contributed by atoms with van der Waals surface area (Å²) < 4.78 is 24.6. The van der Waals surface area contributed by atoms with Crippen molar-refractivity contribution in [2.24, 2.45) is 5.92 Å². The van der Waals surface area contributed by atoms with E-state index in [0.29, 0.717) is 11.3 Å². The molecule has 1 heterocycles. The molecule has 0 radical (unpaired) electrons. The first-order chi connectivity index (χ1) is 9.26. The molecule has 0 spiro atoms.